The lowest BCUT2D eigenvalue weighted by Crippen LogP contribution is -2.48. The number of aryl methyl sites for hydroxylation is 1. The van der Waals surface area contributed by atoms with Crippen LogP contribution in [0.2, 0.25) is 0 Å². The Morgan fingerprint density at radius 1 is 1.43 bits per heavy atom. The average Bonchev–Trinajstić information content (AvgIpc) is 2.96. The molecular weight excluding hydrogens is 284 g/mol. The molecule has 116 valence electrons. The number of aromatic nitrogens is 1. The van der Waals surface area contributed by atoms with Gasteiger partial charge in [0.05, 0.1) is 5.01 Å². The molecule has 5 heteroatoms. The molecule has 0 N–H and O–H groups in total. The zero-order valence-corrected chi connectivity index (χ0v) is 13.7. The van der Waals surface area contributed by atoms with E-state index in [0.29, 0.717) is 0 Å². The highest BCUT2D eigenvalue weighted by molar-refractivity contribution is 7.11. The first-order valence-corrected chi connectivity index (χ1v) is 8.73. The van der Waals surface area contributed by atoms with Gasteiger partial charge in [0.1, 0.15) is 6.10 Å². The Hall–Kier alpha value is -0.940. The molecule has 3 heterocycles. The van der Waals surface area contributed by atoms with Crippen molar-refractivity contribution in [2.75, 3.05) is 19.7 Å². The van der Waals surface area contributed by atoms with E-state index < -0.39 is 0 Å². The van der Waals surface area contributed by atoms with Crippen molar-refractivity contribution in [1.29, 1.82) is 0 Å². The van der Waals surface area contributed by atoms with Gasteiger partial charge in [-0.15, -0.1) is 11.3 Å². The Bertz CT molecular complexity index is 500. The van der Waals surface area contributed by atoms with Gasteiger partial charge in [0.15, 0.2) is 0 Å². The highest BCUT2D eigenvalue weighted by atomic mass is 32.1. The normalized spacial score (nSPS) is 25.8. The van der Waals surface area contributed by atoms with Gasteiger partial charge >= 0.3 is 0 Å². The fourth-order valence-electron chi connectivity index (χ4n) is 3.21. The van der Waals surface area contributed by atoms with Crippen LogP contribution in [0, 0.1) is 6.92 Å². The van der Waals surface area contributed by atoms with Crippen molar-refractivity contribution in [3.63, 3.8) is 0 Å². The third-order valence-corrected chi connectivity index (χ3v) is 5.99. The molecule has 0 unspecified atom stereocenters. The lowest BCUT2D eigenvalue weighted by Gasteiger charge is -2.39. The predicted octanol–water partition coefficient (Wildman–Crippen LogP) is 2.90. The molecule has 0 bridgehead atoms. The Morgan fingerprint density at radius 2 is 2.19 bits per heavy atom. The molecule has 4 nitrogen and oxygen atoms in total. The molecule has 0 saturated carbocycles. The summed E-state index contributed by atoms with van der Waals surface area (Å²) in [6, 6.07) is 0. The van der Waals surface area contributed by atoms with Crippen molar-refractivity contribution in [3.8, 4) is 0 Å². The van der Waals surface area contributed by atoms with E-state index >= 15 is 0 Å². The number of hydrogen-bond acceptors (Lipinski definition) is 4. The molecule has 0 aliphatic carbocycles. The maximum atomic E-state index is 12.5. The van der Waals surface area contributed by atoms with E-state index in [4.69, 9.17) is 4.74 Å². The highest BCUT2D eigenvalue weighted by Gasteiger charge is 2.37. The number of thiazole rings is 1. The fourth-order valence-corrected chi connectivity index (χ4v) is 4.17. The van der Waals surface area contributed by atoms with Crippen LogP contribution in [-0.4, -0.2) is 41.6 Å². The zero-order valence-electron chi connectivity index (χ0n) is 12.9. The van der Waals surface area contributed by atoms with E-state index in [1.54, 1.807) is 11.3 Å². The van der Waals surface area contributed by atoms with Gasteiger partial charge in [-0.25, -0.2) is 4.98 Å². The van der Waals surface area contributed by atoms with Crippen molar-refractivity contribution in [2.24, 2.45) is 0 Å². The number of carbonyl (C=O) groups excluding carboxylic acids is 1. The lowest BCUT2D eigenvalue weighted by atomic mass is 9.81. The summed E-state index contributed by atoms with van der Waals surface area (Å²) >= 11 is 1.79. The number of hydrogen-bond donors (Lipinski definition) is 0. The number of nitrogens with zero attached hydrogens (tertiary/aromatic N) is 2. The summed E-state index contributed by atoms with van der Waals surface area (Å²) in [4.78, 5) is 20.3. The molecule has 0 radical (unpaired) electrons. The average molecular weight is 308 g/mol. The fraction of sp³-hybridized carbons (Fsp3) is 0.750. The number of ether oxygens (including phenoxy) is 1. The van der Waals surface area contributed by atoms with E-state index in [1.165, 1.54) is 9.88 Å². The first-order chi connectivity index (χ1) is 10.1. The largest absolute Gasteiger partial charge is 0.368 e. The third-order valence-electron chi connectivity index (χ3n) is 4.77. The van der Waals surface area contributed by atoms with Crippen LogP contribution in [0.4, 0.5) is 0 Å². The van der Waals surface area contributed by atoms with E-state index in [2.05, 4.69) is 18.8 Å². The quantitative estimate of drug-likeness (QED) is 0.843. The molecule has 2 saturated heterocycles. The van der Waals surface area contributed by atoms with Crippen LogP contribution < -0.4 is 0 Å². The van der Waals surface area contributed by atoms with Gasteiger partial charge in [-0.1, -0.05) is 6.92 Å². The smallest absolute Gasteiger partial charge is 0.251 e. The van der Waals surface area contributed by atoms with Gasteiger partial charge in [0.25, 0.3) is 5.91 Å². The standard InChI is InChI=1S/C16H24N2O2S/c1-12-11-17-15(21-12)16(2)6-8-18(9-7-16)14(19)13-5-3-4-10-20-13/h11,13H,3-10H2,1-2H3/t13-/m0/s1. The molecule has 0 spiro atoms. The SMILES string of the molecule is Cc1cnc(C2(C)CCN(C(=O)[C@@H]3CCCCO3)CC2)s1. The molecular formula is C16H24N2O2S. The van der Waals surface area contributed by atoms with E-state index in [0.717, 1.165) is 51.8 Å². The van der Waals surface area contributed by atoms with Crippen LogP contribution in [0.15, 0.2) is 6.20 Å². The Morgan fingerprint density at radius 3 is 2.76 bits per heavy atom. The molecule has 1 atom stereocenters. The summed E-state index contributed by atoms with van der Waals surface area (Å²) in [6.45, 7) is 6.77. The monoisotopic (exact) mass is 308 g/mol. The van der Waals surface area contributed by atoms with E-state index in [-0.39, 0.29) is 17.4 Å². The van der Waals surface area contributed by atoms with Crippen LogP contribution >= 0.6 is 11.3 Å². The maximum Gasteiger partial charge on any atom is 0.251 e. The minimum atomic E-state index is -0.190. The topological polar surface area (TPSA) is 42.4 Å². The molecule has 1 aromatic heterocycles. The minimum Gasteiger partial charge on any atom is -0.368 e. The Balaban J connectivity index is 1.60. The van der Waals surface area contributed by atoms with Crippen LogP contribution in [-0.2, 0) is 14.9 Å². The number of piperidine rings is 1. The van der Waals surface area contributed by atoms with Gasteiger partial charge in [-0.05, 0) is 39.0 Å². The molecule has 2 fully saturated rings. The van der Waals surface area contributed by atoms with E-state index in [1.807, 2.05) is 11.1 Å². The Labute approximate surface area is 130 Å². The molecule has 2 aliphatic rings. The Kier molecular flexibility index (Phi) is 4.31. The van der Waals surface area contributed by atoms with Gasteiger partial charge in [0.2, 0.25) is 0 Å². The summed E-state index contributed by atoms with van der Waals surface area (Å²) < 4.78 is 5.63. The number of likely N-dealkylation sites (tertiary alicyclic amines) is 1. The van der Waals surface area contributed by atoms with Crippen LogP contribution in [0.25, 0.3) is 0 Å². The van der Waals surface area contributed by atoms with Crippen LogP contribution in [0.1, 0.15) is 48.9 Å². The second kappa shape index (κ2) is 6.05. The first-order valence-electron chi connectivity index (χ1n) is 7.92. The van der Waals surface area contributed by atoms with Crippen molar-refractivity contribution in [2.45, 2.75) is 57.5 Å². The van der Waals surface area contributed by atoms with Crippen molar-refractivity contribution < 1.29 is 9.53 Å². The van der Waals surface area contributed by atoms with Crippen molar-refractivity contribution in [3.05, 3.63) is 16.1 Å². The summed E-state index contributed by atoms with van der Waals surface area (Å²) in [5.74, 6) is 0.201. The van der Waals surface area contributed by atoms with Gasteiger partial charge in [0, 0.05) is 36.2 Å². The second-order valence-electron chi connectivity index (χ2n) is 6.52. The molecule has 2 aliphatic heterocycles. The van der Waals surface area contributed by atoms with Gasteiger partial charge in [-0.3, -0.25) is 4.79 Å². The third kappa shape index (κ3) is 3.14. The zero-order chi connectivity index (χ0) is 14.9. The summed E-state index contributed by atoms with van der Waals surface area (Å²) in [7, 11) is 0. The summed E-state index contributed by atoms with van der Waals surface area (Å²) in [5.41, 5.74) is 0.128. The van der Waals surface area contributed by atoms with E-state index in [9.17, 15) is 4.79 Å². The van der Waals surface area contributed by atoms with Gasteiger partial charge < -0.3 is 9.64 Å². The lowest BCUT2D eigenvalue weighted by molar-refractivity contribution is -0.148. The molecule has 1 aromatic rings. The van der Waals surface area contributed by atoms with Crippen molar-refractivity contribution >= 4 is 17.2 Å². The molecule has 0 aromatic carbocycles. The maximum absolute atomic E-state index is 12.5. The highest BCUT2D eigenvalue weighted by Crippen LogP contribution is 2.37. The summed E-state index contributed by atoms with van der Waals surface area (Å²) in [5, 5.41) is 1.22. The van der Waals surface area contributed by atoms with Crippen molar-refractivity contribution in [1.82, 2.24) is 9.88 Å². The first kappa shape index (κ1) is 15.0. The van der Waals surface area contributed by atoms with Gasteiger partial charge in [-0.2, -0.15) is 0 Å². The summed E-state index contributed by atoms with van der Waals surface area (Å²) in [6.07, 6.45) is 6.85. The van der Waals surface area contributed by atoms with Crippen LogP contribution in [0.3, 0.4) is 0 Å². The minimum absolute atomic E-state index is 0.128. The van der Waals surface area contributed by atoms with Crippen LogP contribution in [0.5, 0.6) is 0 Å². The number of amides is 1. The number of rotatable bonds is 2. The number of carbonyl (C=O) groups is 1. The predicted molar refractivity (Wildman–Crippen MR) is 83.6 cm³/mol. The second-order valence-corrected chi connectivity index (χ2v) is 7.75. The molecule has 21 heavy (non-hydrogen) atoms. The molecule has 3 rings (SSSR count). The molecule has 1 amide bonds.